The molecule has 0 spiro atoms. The molecule has 5 heteroatoms. The van der Waals surface area contributed by atoms with Crippen molar-refractivity contribution in [3.05, 3.63) is 94.2 Å². The average molecular weight is 376 g/mol. The number of carbonyl (C=O) groups excluding carboxylic acids is 2. The Kier molecular flexibility index (Phi) is 6.18. The van der Waals surface area contributed by atoms with Gasteiger partial charge in [-0.2, -0.15) is 0 Å². The van der Waals surface area contributed by atoms with Gasteiger partial charge in [0.2, 0.25) is 0 Å². The van der Waals surface area contributed by atoms with Crippen molar-refractivity contribution in [3.8, 4) is 0 Å². The Hall–Kier alpha value is -3.18. The molecule has 136 valence electrons. The minimum atomic E-state index is -0.212. The number of hydrogen-bond acceptors (Lipinski definition) is 3. The van der Waals surface area contributed by atoms with Gasteiger partial charge in [-0.1, -0.05) is 48.5 Å². The molecule has 0 radical (unpaired) electrons. The molecule has 0 aliphatic heterocycles. The van der Waals surface area contributed by atoms with Gasteiger partial charge < -0.3 is 10.2 Å². The molecule has 4 nitrogen and oxygen atoms in total. The molecular weight excluding hydrogens is 356 g/mol. The van der Waals surface area contributed by atoms with Crippen molar-refractivity contribution in [1.82, 2.24) is 5.32 Å². The van der Waals surface area contributed by atoms with E-state index in [0.29, 0.717) is 17.8 Å². The zero-order valence-corrected chi connectivity index (χ0v) is 15.8. The van der Waals surface area contributed by atoms with Gasteiger partial charge in [0.1, 0.15) is 0 Å². The number of nitrogens with one attached hydrogen (secondary N) is 1. The van der Waals surface area contributed by atoms with E-state index in [-0.39, 0.29) is 11.8 Å². The van der Waals surface area contributed by atoms with Crippen molar-refractivity contribution < 1.29 is 9.59 Å². The van der Waals surface area contributed by atoms with E-state index in [2.05, 4.69) is 5.32 Å². The second kappa shape index (κ2) is 8.96. The zero-order chi connectivity index (χ0) is 19.1. The molecule has 0 atom stereocenters. The van der Waals surface area contributed by atoms with Crippen LogP contribution in [0.25, 0.3) is 6.08 Å². The number of rotatable bonds is 6. The SMILES string of the molecule is CN(C(=O)C=Cc1cccs1)c1ccccc1C(=O)NCc1ccccc1. The number of likely N-dealkylation sites (N-methyl/N-ethyl adjacent to an activating group) is 1. The third kappa shape index (κ3) is 4.92. The lowest BCUT2D eigenvalue weighted by atomic mass is 10.1. The molecule has 0 aliphatic rings. The highest BCUT2D eigenvalue weighted by Crippen LogP contribution is 2.20. The van der Waals surface area contributed by atoms with Crippen LogP contribution in [-0.4, -0.2) is 18.9 Å². The standard InChI is InChI=1S/C22H20N2O2S/c1-24(21(25)14-13-18-10-7-15-27-18)20-12-6-5-11-19(20)22(26)23-16-17-8-3-2-4-9-17/h2-15H,16H2,1H3,(H,23,26). The summed E-state index contributed by atoms with van der Waals surface area (Å²) in [4.78, 5) is 27.6. The fourth-order valence-electron chi connectivity index (χ4n) is 2.60. The van der Waals surface area contributed by atoms with Crippen molar-refractivity contribution in [2.45, 2.75) is 6.54 Å². The van der Waals surface area contributed by atoms with Crippen molar-refractivity contribution >= 4 is 34.9 Å². The maximum atomic E-state index is 12.6. The number of nitrogens with zero attached hydrogens (tertiary/aromatic N) is 1. The predicted octanol–water partition coefficient (Wildman–Crippen LogP) is 4.35. The van der Waals surface area contributed by atoms with Crippen LogP contribution in [-0.2, 0) is 11.3 Å². The highest BCUT2D eigenvalue weighted by atomic mass is 32.1. The molecule has 0 unspecified atom stereocenters. The smallest absolute Gasteiger partial charge is 0.253 e. The molecule has 2 aromatic carbocycles. The van der Waals surface area contributed by atoms with Gasteiger partial charge in [-0.25, -0.2) is 0 Å². The summed E-state index contributed by atoms with van der Waals surface area (Å²) in [5, 5.41) is 4.87. The summed E-state index contributed by atoms with van der Waals surface area (Å²) in [6.07, 6.45) is 3.30. The van der Waals surface area contributed by atoms with Crippen LogP contribution in [0, 0.1) is 0 Å². The molecule has 3 aromatic rings. The van der Waals surface area contributed by atoms with Gasteiger partial charge in [0.25, 0.3) is 11.8 Å². The lowest BCUT2D eigenvalue weighted by molar-refractivity contribution is -0.113. The first-order valence-corrected chi connectivity index (χ1v) is 9.43. The molecule has 0 aliphatic carbocycles. The largest absolute Gasteiger partial charge is 0.348 e. The molecule has 0 saturated heterocycles. The summed E-state index contributed by atoms with van der Waals surface area (Å²) in [7, 11) is 1.67. The van der Waals surface area contributed by atoms with Gasteiger partial charge in [0.15, 0.2) is 0 Å². The first-order valence-electron chi connectivity index (χ1n) is 8.55. The molecule has 0 fully saturated rings. The molecule has 2 amide bonds. The van der Waals surface area contributed by atoms with Crippen LogP contribution >= 0.6 is 11.3 Å². The Morgan fingerprint density at radius 3 is 2.48 bits per heavy atom. The third-order valence-corrected chi connectivity index (χ3v) is 4.91. The van der Waals surface area contributed by atoms with E-state index in [0.717, 1.165) is 10.4 Å². The van der Waals surface area contributed by atoms with Gasteiger partial charge in [0, 0.05) is 24.5 Å². The van der Waals surface area contributed by atoms with Crippen LogP contribution in [0.4, 0.5) is 5.69 Å². The normalized spacial score (nSPS) is 10.7. The Balaban J connectivity index is 1.72. The van der Waals surface area contributed by atoms with Gasteiger partial charge in [-0.15, -0.1) is 11.3 Å². The van der Waals surface area contributed by atoms with Crippen molar-refractivity contribution in [1.29, 1.82) is 0 Å². The highest BCUT2D eigenvalue weighted by molar-refractivity contribution is 7.10. The fraction of sp³-hybridized carbons (Fsp3) is 0.0909. The second-order valence-electron chi connectivity index (χ2n) is 5.93. The summed E-state index contributed by atoms with van der Waals surface area (Å²) in [6.45, 7) is 0.434. The molecule has 1 heterocycles. The minimum absolute atomic E-state index is 0.188. The maximum absolute atomic E-state index is 12.6. The second-order valence-corrected chi connectivity index (χ2v) is 6.91. The number of hydrogen-bond donors (Lipinski definition) is 1. The minimum Gasteiger partial charge on any atom is -0.348 e. The van der Waals surface area contributed by atoms with E-state index in [4.69, 9.17) is 0 Å². The van der Waals surface area contributed by atoms with Gasteiger partial charge >= 0.3 is 0 Å². The van der Waals surface area contributed by atoms with Crippen LogP contribution in [0.1, 0.15) is 20.8 Å². The molecule has 1 N–H and O–H groups in total. The van der Waals surface area contributed by atoms with Gasteiger partial charge in [-0.3, -0.25) is 9.59 Å². The van der Waals surface area contributed by atoms with Crippen LogP contribution in [0.3, 0.4) is 0 Å². The predicted molar refractivity (Wildman–Crippen MR) is 111 cm³/mol. The van der Waals surface area contributed by atoms with Crippen LogP contribution in [0.5, 0.6) is 0 Å². The van der Waals surface area contributed by atoms with E-state index >= 15 is 0 Å². The van der Waals surface area contributed by atoms with Crippen molar-refractivity contribution in [2.75, 3.05) is 11.9 Å². The number of anilines is 1. The summed E-state index contributed by atoms with van der Waals surface area (Å²) in [6, 6.07) is 20.7. The van der Waals surface area contributed by atoms with E-state index in [1.807, 2.05) is 53.9 Å². The number of carbonyl (C=O) groups is 2. The summed E-state index contributed by atoms with van der Waals surface area (Å²) in [5.74, 6) is -0.400. The number of para-hydroxylation sites is 1. The summed E-state index contributed by atoms with van der Waals surface area (Å²) in [5.41, 5.74) is 2.06. The zero-order valence-electron chi connectivity index (χ0n) is 15.0. The summed E-state index contributed by atoms with van der Waals surface area (Å²) < 4.78 is 0. The topological polar surface area (TPSA) is 49.4 Å². The molecule has 27 heavy (non-hydrogen) atoms. The summed E-state index contributed by atoms with van der Waals surface area (Å²) >= 11 is 1.56. The molecule has 0 saturated carbocycles. The Bertz CT molecular complexity index is 934. The quantitative estimate of drug-likeness (QED) is 0.650. The molecule has 3 rings (SSSR count). The van der Waals surface area contributed by atoms with E-state index in [1.54, 1.807) is 42.7 Å². The van der Waals surface area contributed by atoms with Crippen molar-refractivity contribution in [3.63, 3.8) is 0 Å². The monoisotopic (exact) mass is 376 g/mol. The number of benzene rings is 2. The Labute approximate surface area is 162 Å². The van der Waals surface area contributed by atoms with Crippen LogP contribution in [0.15, 0.2) is 78.2 Å². The fourth-order valence-corrected chi connectivity index (χ4v) is 3.22. The Morgan fingerprint density at radius 2 is 1.74 bits per heavy atom. The van der Waals surface area contributed by atoms with E-state index < -0.39 is 0 Å². The average Bonchev–Trinajstić information content (AvgIpc) is 3.24. The van der Waals surface area contributed by atoms with Crippen LogP contribution < -0.4 is 10.2 Å². The van der Waals surface area contributed by atoms with E-state index in [1.165, 1.54) is 11.0 Å². The van der Waals surface area contributed by atoms with Gasteiger partial charge in [-0.05, 0) is 35.2 Å². The highest BCUT2D eigenvalue weighted by Gasteiger charge is 2.16. The molecular formula is C22H20N2O2S. The molecule has 0 bridgehead atoms. The Morgan fingerprint density at radius 1 is 1.00 bits per heavy atom. The lowest BCUT2D eigenvalue weighted by Crippen LogP contribution is -2.29. The van der Waals surface area contributed by atoms with Crippen molar-refractivity contribution in [2.24, 2.45) is 0 Å². The first kappa shape index (κ1) is 18.6. The number of amides is 2. The number of thiophene rings is 1. The molecule has 1 aromatic heterocycles. The third-order valence-electron chi connectivity index (χ3n) is 4.07. The lowest BCUT2D eigenvalue weighted by Gasteiger charge is -2.19. The van der Waals surface area contributed by atoms with Gasteiger partial charge in [0.05, 0.1) is 11.3 Å². The van der Waals surface area contributed by atoms with E-state index in [9.17, 15) is 9.59 Å². The maximum Gasteiger partial charge on any atom is 0.253 e. The first-order chi connectivity index (χ1) is 13.1. The van der Waals surface area contributed by atoms with Crippen LogP contribution in [0.2, 0.25) is 0 Å².